The van der Waals surface area contributed by atoms with Gasteiger partial charge in [-0.25, -0.2) is 0 Å². The summed E-state index contributed by atoms with van der Waals surface area (Å²) in [7, 11) is 0. The van der Waals surface area contributed by atoms with E-state index < -0.39 is 0 Å². The number of benzene rings is 1. The topological polar surface area (TPSA) is 32.3 Å². The lowest BCUT2D eigenvalue weighted by Crippen LogP contribution is -2.46. The van der Waals surface area contributed by atoms with Gasteiger partial charge in [-0.15, -0.1) is 0 Å². The Morgan fingerprint density at radius 3 is 2.30 bits per heavy atom. The van der Waals surface area contributed by atoms with Gasteiger partial charge in [0.25, 0.3) is 0 Å². The summed E-state index contributed by atoms with van der Waals surface area (Å²) in [4.78, 5) is 14.5. The molecule has 1 fully saturated rings. The molecule has 0 aromatic heterocycles. The average Bonchev–Trinajstić information content (AvgIpc) is 2.48. The number of anilines is 1. The lowest BCUT2D eigenvalue weighted by atomic mass is 10.0. The quantitative estimate of drug-likeness (QED) is 0.925. The highest BCUT2D eigenvalue weighted by Crippen LogP contribution is 2.18. The van der Waals surface area contributed by atoms with Crippen LogP contribution in [0.5, 0.6) is 0 Å². The first-order chi connectivity index (χ1) is 9.58. The van der Waals surface area contributed by atoms with Crippen molar-refractivity contribution in [1.29, 1.82) is 0 Å². The van der Waals surface area contributed by atoms with Crippen molar-refractivity contribution >= 4 is 23.4 Å². The fourth-order valence-corrected chi connectivity index (χ4v) is 3.26. The van der Waals surface area contributed by atoms with E-state index in [9.17, 15) is 4.79 Å². The van der Waals surface area contributed by atoms with Crippen molar-refractivity contribution in [3.05, 3.63) is 29.8 Å². The van der Waals surface area contributed by atoms with Gasteiger partial charge in [0, 0.05) is 30.3 Å². The zero-order chi connectivity index (χ0) is 14.5. The highest BCUT2D eigenvalue weighted by atomic mass is 32.2. The van der Waals surface area contributed by atoms with Gasteiger partial charge in [0.1, 0.15) is 0 Å². The van der Waals surface area contributed by atoms with E-state index >= 15 is 0 Å². The zero-order valence-electron chi connectivity index (χ0n) is 12.6. The Morgan fingerprint density at radius 2 is 1.75 bits per heavy atom. The average molecular weight is 292 g/mol. The van der Waals surface area contributed by atoms with Crippen molar-refractivity contribution in [3.63, 3.8) is 0 Å². The maximum Gasteiger partial charge on any atom is 0.241 e. The van der Waals surface area contributed by atoms with Crippen molar-refractivity contribution < 1.29 is 4.79 Å². The third-order valence-corrected chi connectivity index (χ3v) is 4.76. The molecule has 0 spiro atoms. The third kappa shape index (κ3) is 4.00. The molecule has 0 radical (unpaired) electrons. The van der Waals surface area contributed by atoms with Gasteiger partial charge in [0.05, 0.1) is 6.04 Å². The van der Waals surface area contributed by atoms with Crippen molar-refractivity contribution in [3.8, 4) is 0 Å². The summed E-state index contributed by atoms with van der Waals surface area (Å²) in [5.41, 5.74) is 2.18. The number of thioether (sulfide) groups is 1. The van der Waals surface area contributed by atoms with E-state index in [-0.39, 0.29) is 11.9 Å². The van der Waals surface area contributed by atoms with Gasteiger partial charge in [-0.3, -0.25) is 9.69 Å². The van der Waals surface area contributed by atoms with Gasteiger partial charge in [0.2, 0.25) is 5.91 Å². The molecule has 0 bridgehead atoms. The summed E-state index contributed by atoms with van der Waals surface area (Å²) in [6.07, 6.45) is 0. The Morgan fingerprint density at radius 1 is 1.15 bits per heavy atom. The number of nitrogens with zero attached hydrogens (tertiary/aromatic N) is 1. The molecule has 1 saturated heterocycles. The molecular weight excluding hydrogens is 268 g/mol. The number of carbonyl (C=O) groups excluding carboxylic acids is 1. The van der Waals surface area contributed by atoms with E-state index in [1.807, 2.05) is 30.8 Å². The molecule has 3 nitrogen and oxygen atoms in total. The molecule has 0 unspecified atom stereocenters. The molecule has 20 heavy (non-hydrogen) atoms. The normalized spacial score (nSPS) is 18.0. The molecule has 4 heteroatoms. The fourth-order valence-electron chi connectivity index (χ4n) is 2.33. The standard InChI is InChI=1S/C16H24N2OS/c1-12(2)14-4-6-15(7-5-14)17-16(19)13(3)18-8-10-20-11-9-18/h4-7,12-13H,8-11H2,1-3H3,(H,17,19)/t13-/m1/s1. The summed E-state index contributed by atoms with van der Waals surface area (Å²) < 4.78 is 0. The van der Waals surface area contributed by atoms with E-state index in [1.54, 1.807) is 0 Å². The Labute approximate surface area is 126 Å². The predicted octanol–water partition coefficient (Wildman–Crippen LogP) is 3.19. The molecule has 0 saturated carbocycles. The first-order valence-electron chi connectivity index (χ1n) is 7.30. The number of hydrogen-bond donors (Lipinski definition) is 1. The second kappa shape index (κ2) is 7.14. The number of amides is 1. The van der Waals surface area contributed by atoms with Crippen LogP contribution in [0.25, 0.3) is 0 Å². The van der Waals surface area contributed by atoms with Gasteiger partial charge in [-0.05, 0) is 30.5 Å². The van der Waals surface area contributed by atoms with E-state index in [4.69, 9.17) is 0 Å². The molecule has 1 heterocycles. The van der Waals surface area contributed by atoms with Crippen LogP contribution in [0, 0.1) is 0 Å². The molecule has 1 aromatic carbocycles. The third-order valence-electron chi connectivity index (χ3n) is 3.82. The van der Waals surface area contributed by atoms with Crippen LogP contribution in [0.4, 0.5) is 5.69 Å². The molecule has 2 rings (SSSR count). The van der Waals surface area contributed by atoms with Gasteiger partial charge >= 0.3 is 0 Å². The summed E-state index contributed by atoms with van der Waals surface area (Å²) >= 11 is 1.96. The number of rotatable bonds is 4. The van der Waals surface area contributed by atoms with Crippen LogP contribution < -0.4 is 5.32 Å². The van der Waals surface area contributed by atoms with Crippen molar-refractivity contribution in [2.45, 2.75) is 32.7 Å². The Hall–Kier alpha value is -1.00. The maximum absolute atomic E-state index is 12.3. The van der Waals surface area contributed by atoms with Crippen molar-refractivity contribution in [1.82, 2.24) is 4.90 Å². The number of nitrogens with one attached hydrogen (secondary N) is 1. The summed E-state index contributed by atoms with van der Waals surface area (Å²) in [6, 6.07) is 8.10. The van der Waals surface area contributed by atoms with Gasteiger partial charge < -0.3 is 5.32 Å². The first-order valence-corrected chi connectivity index (χ1v) is 8.46. The minimum atomic E-state index is -0.0549. The largest absolute Gasteiger partial charge is 0.325 e. The first kappa shape index (κ1) is 15.4. The molecular formula is C16H24N2OS. The molecule has 0 aliphatic carbocycles. The number of carbonyl (C=O) groups is 1. The van der Waals surface area contributed by atoms with Crippen LogP contribution in [0.1, 0.15) is 32.3 Å². The molecule has 1 N–H and O–H groups in total. The second-order valence-electron chi connectivity index (χ2n) is 5.59. The van der Waals surface area contributed by atoms with Crippen LogP contribution in [0.15, 0.2) is 24.3 Å². The van der Waals surface area contributed by atoms with Gasteiger partial charge in [0.15, 0.2) is 0 Å². The van der Waals surface area contributed by atoms with E-state index in [0.29, 0.717) is 5.92 Å². The van der Waals surface area contributed by atoms with Gasteiger partial charge in [-0.1, -0.05) is 26.0 Å². The van der Waals surface area contributed by atoms with Crippen LogP contribution in [-0.2, 0) is 4.79 Å². The van der Waals surface area contributed by atoms with Gasteiger partial charge in [-0.2, -0.15) is 11.8 Å². The summed E-state index contributed by atoms with van der Waals surface area (Å²) in [6.45, 7) is 8.35. The zero-order valence-corrected chi connectivity index (χ0v) is 13.4. The molecule has 1 aliphatic heterocycles. The lowest BCUT2D eigenvalue weighted by molar-refractivity contribution is -0.120. The Balaban J connectivity index is 1.92. The monoisotopic (exact) mass is 292 g/mol. The van der Waals surface area contributed by atoms with Crippen LogP contribution >= 0.6 is 11.8 Å². The summed E-state index contributed by atoms with van der Waals surface area (Å²) in [5, 5.41) is 3.02. The Bertz CT molecular complexity index is 438. The smallest absolute Gasteiger partial charge is 0.241 e. The predicted molar refractivity (Wildman–Crippen MR) is 87.5 cm³/mol. The molecule has 1 amide bonds. The summed E-state index contributed by atoms with van der Waals surface area (Å²) in [5.74, 6) is 2.86. The van der Waals surface area contributed by atoms with Crippen molar-refractivity contribution in [2.75, 3.05) is 29.9 Å². The van der Waals surface area contributed by atoms with E-state index in [0.717, 1.165) is 30.3 Å². The van der Waals surface area contributed by atoms with Crippen molar-refractivity contribution in [2.24, 2.45) is 0 Å². The molecule has 110 valence electrons. The van der Waals surface area contributed by atoms with Crippen LogP contribution in [0.2, 0.25) is 0 Å². The second-order valence-corrected chi connectivity index (χ2v) is 6.82. The molecule has 1 atom stereocenters. The molecule has 1 aromatic rings. The maximum atomic E-state index is 12.3. The van der Waals surface area contributed by atoms with E-state index in [2.05, 4.69) is 36.2 Å². The SMILES string of the molecule is CC(C)c1ccc(NC(=O)[C@@H](C)N2CCSCC2)cc1. The van der Waals surface area contributed by atoms with Crippen LogP contribution in [0.3, 0.4) is 0 Å². The number of hydrogen-bond acceptors (Lipinski definition) is 3. The minimum absolute atomic E-state index is 0.0549. The lowest BCUT2D eigenvalue weighted by Gasteiger charge is -2.31. The highest BCUT2D eigenvalue weighted by Gasteiger charge is 2.22. The van der Waals surface area contributed by atoms with E-state index in [1.165, 1.54) is 5.56 Å². The molecule has 1 aliphatic rings. The minimum Gasteiger partial charge on any atom is -0.325 e. The Kier molecular flexibility index (Phi) is 5.49. The fraction of sp³-hybridized carbons (Fsp3) is 0.562. The van der Waals surface area contributed by atoms with Crippen LogP contribution in [-0.4, -0.2) is 41.4 Å². The highest BCUT2D eigenvalue weighted by molar-refractivity contribution is 7.99.